The van der Waals surface area contributed by atoms with Crippen LogP contribution in [0.1, 0.15) is 31.9 Å². The fraction of sp³-hybridized carbons (Fsp3) is 0.409. The maximum atomic E-state index is 12.9. The molecule has 164 valence electrons. The van der Waals surface area contributed by atoms with E-state index in [1.165, 1.54) is 10.4 Å². The van der Waals surface area contributed by atoms with E-state index in [4.69, 9.17) is 9.47 Å². The Bertz CT molecular complexity index is 985. The van der Waals surface area contributed by atoms with Crippen LogP contribution >= 0.6 is 0 Å². The van der Waals surface area contributed by atoms with E-state index in [0.717, 1.165) is 11.1 Å². The van der Waals surface area contributed by atoms with Crippen LogP contribution < -0.4 is 14.8 Å². The number of amides is 1. The average molecular weight is 435 g/mol. The van der Waals surface area contributed by atoms with Gasteiger partial charge in [0.2, 0.25) is 10.0 Å². The summed E-state index contributed by atoms with van der Waals surface area (Å²) >= 11 is 0. The van der Waals surface area contributed by atoms with E-state index in [9.17, 15) is 13.2 Å². The Labute approximate surface area is 179 Å². The maximum absolute atomic E-state index is 12.9. The van der Waals surface area contributed by atoms with E-state index < -0.39 is 10.0 Å². The fourth-order valence-electron chi connectivity index (χ4n) is 2.99. The Hall–Kier alpha value is -2.58. The second-order valence-electron chi connectivity index (χ2n) is 6.72. The molecule has 8 heteroatoms. The third-order valence-corrected chi connectivity index (χ3v) is 6.79. The quantitative estimate of drug-likeness (QED) is 0.616. The van der Waals surface area contributed by atoms with Gasteiger partial charge < -0.3 is 14.8 Å². The first kappa shape index (κ1) is 23.7. The van der Waals surface area contributed by atoms with E-state index in [0.29, 0.717) is 36.9 Å². The minimum atomic E-state index is -3.63. The average Bonchev–Trinajstić information content (AvgIpc) is 2.71. The van der Waals surface area contributed by atoms with Crippen molar-refractivity contribution in [1.82, 2.24) is 4.31 Å². The second-order valence-corrected chi connectivity index (χ2v) is 8.66. The van der Waals surface area contributed by atoms with Crippen LogP contribution in [0.4, 0.5) is 5.69 Å². The van der Waals surface area contributed by atoms with E-state index in [2.05, 4.69) is 5.32 Å². The summed E-state index contributed by atoms with van der Waals surface area (Å²) in [6, 6.07) is 10.3. The van der Waals surface area contributed by atoms with Crippen molar-refractivity contribution in [2.24, 2.45) is 0 Å². The molecule has 0 saturated heterocycles. The zero-order valence-corrected chi connectivity index (χ0v) is 19.0. The lowest BCUT2D eigenvalue weighted by Crippen LogP contribution is -2.31. The number of benzene rings is 2. The molecule has 0 aliphatic heterocycles. The van der Waals surface area contributed by atoms with Gasteiger partial charge >= 0.3 is 0 Å². The highest BCUT2D eigenvalue weighted by Gasteiger charge is 2.23. The fourth-order valence-corrected chi connectivity index (χ4v) is 4.56. The smallest absolute Gasteiger partial charge is 0.262 e. The summed E-state index contributed by atoms with van der Waals surface area (Å²) in [4.78, 5) is 12.6. The molecule has 0 aromatic heterocycles. The number of carbonyl (C=O) groups is 1. The zero-order chi connectivity index (χ0) is 22.3. The number of carbonyl (C=O) groups excluding carboxylic acids is 1. The number of hydrogen-bond acceptors (Lipinski definition) is 5. The van der Waals surface area contributed by atoms with Crippen molar-refractivity contribution in [1.29, 1.82) is 0 Å². The minimum absolute atomic E-state index is 0.159. The van der Waals surface area contributed by atoms with Crippen molar-refractivity contribution in [2.45, 2.75) is 39.5 Å². The molecule has 1 N–H and O–H groups in total. The third-order valence-electron chi connectivity index (χ3n) is 4.77. The largest absolute Gasteiger partial charge is 0.490 e. The minimum Gasteiger partial charge on any atom is -0.490 e. The molecule has 0 radical (unpaired) electrons. The molecule has 30 heavy (non-hydrogen) atoms. The van der Waals surface area contributed by atoms with Crippen LogP contribution in [0.3, 0.4) is 0 Å². The van der Waals surface area contributed by atoms with Crippen LogP contribution in [0.5, 0.6) is 11.5 Å². The molecule has 0 atom stereocenters. The van der Waals surface area contributed by atoms with Crippen LogP contribution in [0.2, 0.25) is 0 Å². The summed E-state index contributed by atoms with van der Waals surface area (Å²) in [6.45, 7) is 10.1. The summed E-state index contributed by atoms with van der Waals surface area (Å²) in [5.41, 5.74) is 2.03. The third kappa shape index (κ3) is 5.52. The summed E-state index contributed by atoms with van der Waals surface area (Å²) in [5.74, 6) is 0.647. The number of hydrogen-bond donors (Lipinski definition) is 1. The molecular formula is C22H30N2O5S. The number of nitrogens with zero attached hydrogens (tertiary/aromatic N) is 1. The first-order chi connectivity index (χ1) is 14.2. The molecule has 7 nitrogen and oxygen atoms in total. The summed E-state index contributed by atoms with van der Waals surface area (Å²) in [6.07, 6.45) is 0. The Kier molecular flexibility index (Phi) is 8.25. The van der Waals surface area contributed by atoms with Gasteiger partial charge in [-0.15, -0.1) is 0 Å². The van der Waals surface area contributed by atoms with E-state index in [1.807, 2.05) is 26.8 Å². The van der Waals surface area contributed by atoms with Crippen LogP contribution in [0.25, 0.3) is 0 Å². The van der Waals surface area contributed by atoms with E-state index in [-0.39, 0.29) is 17.4 Å². The van der Waals surface area contributed by atoms with Gasteiger partial charge in [-0.05, 0) is 56.2 Å². The molecule has 0 heterocycles. The van der Waals surface area contributed by atoms with Gasteiger partial charge in [-0.2, -0.15) is 4.31 Å². The molecule has 0 bridgehead atoms. The van der Waals surface area contributed by atoms with E-state index in [1.54, 1.807) is 38.1 Å². The van der Waals surface area contributed by atoms with Crippen LogP contribution in [0, 0.1) is 13.8 Å². The number of para-hydroxylation sites is 2. The number of sulfonamides is 1. The maximum Gasteiger partial charge on any atom is 0.262 e. The molecule has 2 rings (SSSR count). The molecule has 2 aromatic carbocycles. The molecular weight excluding hydrogens is 404 g/mol. The van der Waals surface area contributed by atoms with Crippen LogP contribution in [-0.2, 0) is 14.8 Å². The Morgan fingerprint density at radius 1 is 1.00 bits per heavy atom. The van der Waals surface area contributed by atoms with Crippen LogP contribution in [-0.4, -0.2) is 44.9 Å². The Morgan fingerprint density at radius 2 is 1.60 bits per heavy atom. The van der Waals surface area contributed by atoms with E-state index >= 15 is 0 Å². The SMILES string of the molecule is CCOc1ccccc1OCC(=O)Nc1cc(S(=O)(=O)N(CC)CC)cc(C)c1C. The topological polar surface area (TPSA) is 84.9 Å². The number of anilines is 1. The molecule has 0 saturated carbocycles. The molecule has 1 amide bonds. The molecule has 0 fully saturated rings. The van der Waals surface area contributed by atoms with Crippen molar-refractivity contribution in [2.75, 3.05) is 31.6 Å². The predicted octanol–water partition coefficient (Wildman–Crippen LogP) is 3.75. The number of aryl methyl sites for hydroxylation is 1. The lowest BCUT2D eigenvalue weighted by Gasteiger charge is -2.20. The second kappa shape index (κ2) is 10.4. The van der Waals surface area contributed by atoms with Gasteiger partial charge in [-0.3, -0.25) is 4.79 Å². The van der Waals surface area contributed by atoms with Crippen molar-refractivity contribution in [3.63, 3.8) is 0 Å². The summed E-state index contributed by atoms with van der Waals surface area (Å²) < 4.78 is 38.2. The van der Waals surface area contributed by atoms with Gasteiger partial charge in [-0.25, -0.2) is 8.42 Å². The Morgan fingerprint density at radius 3 is 2.17 bits per heavy atom. The van der Waals surface area contributed by atoms with Crippen molar-refractivity contribution in [3.8, 4) is 11.5 Å². The monoisotopic (exact) mass is 434 g/mol. The number of ether oxygens (including phenoxy) is 2. The molecule has 2 aromatic rings. The zero-order valence-electron chi connectivity index (χ0n) is 18.2. The van der Waals surface area contributed by atoms with Gasteiger partial charge in [0.05, 0.1) is 11.5 Å². The first-order valence-electron chi connectivity index (χ1n) is 10.00. The molecule has 0 unspecified atom stereocenters. The first-order valence-corrected chi connectivity index (χ1v) is 11.4. The molecule has 0 spiro atoms. The van der Waals surface area contributed by atoms with Gasteiger partial charge in [0.1, 0.15) is 0 Å². The van der Waals surface area contributed by atoms with Crippen molar-refractivity contribution < 1.29 is 22.7 Å². The number of nitrogens with one attached hydrogen (secondary N) is 1. The highest BCUT2D eigenvalue weighted by Crippen LogP contribution is 2.28. The van der Waals surface area contributed by atoms with Crippen molar-refractivity contribution in [3.05, 3.63) is 47.5 Å². The Balaban J connectivity index is 2.20. The lowest BCUT2D eigenvalue weighted by molar-refractivity contribution is -0.118. The predicted molar refractivity (Wildman–Crippen MR) is 118 cm³/mol. The standard InChI is InChI=1S/C22H30N2O5S/c1-6-24(7-2)30(26,27)18-13-16(4)17(5)19(14-18)23-22(25)15-29-21-12-10-9-11-20(21)28-8-3/h9-14H,6-8,15H2,1-5H3,(H,23,25). The highest BCUT2D eigenvalue weighted by atomic mass is 32.2. The van der Waals surface area contributed by atoms with Gasteiger partial charge in [0, 0.05) is 18.8 Å². The highest BCUT2D eigenvalue weighted by molar-refractivity contribution is 7.89. The molecule has 0 aliphatic carbocycles. The summed E-state index contributed by atoms with van der Waals surface area (Å²) in [5, 5.41) is 2.77. The summed E-state index contributed by atoms with van der Waals surface area (Å²) in [7, 11) is -3.63. The van der Waals surface area contributed by atoms with Gasteiger partial charge in [-0.1, -0.05) is 26.0 Å². The van der Waals surface area contributed by atoms with Crippen LogP contribution in [0.15, 0.2) is 41.3 Å². The molecule has 0 aliphatic rings. The lowest BCUT2D eigenvalue weighted by atomic mass is 10.1. The van der Waals surface area contributed by atoms with Gasteiger partial charge in [0.15, 0.2) is 18.1 Å². The number of rotatable bonds is 10. The van der Waals surface area contributed by atoms with Gasteiger partial charge in [0.25, 0.3) is 5.91 Å². The van der Waals surface area contributed by atoms with Crippen molar-refractivity contribution >= 4 is 21.6 Å². The normalized spacial score (nSPS) is 11.4.